The number of thiophene rings is 1. The zero-order valence-electron chi connectivity index (χ0n) is 11.8. The van der Waals surface area contributed by atoms with Crippen LogP contribution in [0.15, 0.2) is 17.5 Å². The molecular formula is C15H19NO4S. The number of imide groups is 1. The van der Waals surface area contributed by atoms with Crippen LogP contribution >= 0.6 is 11.3 Å². The van der Waals surface area contributed by atoms with E-state index < -0.39 is 18.4 Å². The van der Waals surface area contributed by atoms with Gasteiger partial charge >= 0.3 is 5.97 Å². The minimum Gasteiger partial charge on any atom is -0.456 e. The average Bonchev–Trinajstić information content (AvgIpc) is 3.15. The van der Waals surface area contributed by atoms with Gasteiger partial charge in [-0.15, -0.1) is 11.3 Å². The van der Waals surface area contributed by atoms with Crippen LogP contribution in [0, 0.1) is 5.92 Å². The first-order valence-electron chi connectivity index (χ1n) is 7.18. The minimum absolute atomic E-state index is 0.344. The van der Waals surface area contributed by atoms with Crippen LogP contribution in [0.5, 0.6) is 0 Å². The second kappa shape index (κ2) is 7.93. The number of nitrogens with one attached hydrogen (secondary N) is 1. The van der Waals surface area contributed by atoms with Crippen molar-refractivity contribution in [2.75, 3.05) is 6.61 Å². The number of hydrogen-bond acceptors (Lipinski definition) is 5. The normalized spacial score (nSPS) is 14.9. The van der Waals surface area contributed by atoms with E-state index in [0.717, 1.165) is 6.42 Å². The molecule has 0 atom stereocenters. The first-order chi connectivity index (χ1) is 10.1. The Morgan fingerprint density at radius 3 is 2.71 bits per heavy atom. The zero-order chi connectivity index (χ0) is 15.1. The Bertz CT molecular complexity index is 492. The van der Waals surface area contributed by atoms with Gasteiger partial charge in [0.25, 0.3) is 11.8 Å². The molecule has 6 heteroatoms. The Kier molecular flexibility index (Phi) is 5.92. The van der Waals surface area contributed by atoms with Crippen LogP contribution in [0.3, 0.4) is 0 Å². The van der Waals surface area contributed by atoms with Crippen molar-refractivity contribution in [1.82, 2.24) is 5.32 Å². The second-order valence-corrected chi connectivity index (χ2v) is 6.15. The largest absolute Gasteiger partial charge is 0.456 e. The summed E-state index contributed by atoms with van der Waals surface area (Å²) in [5, 5.41) is 3.94. The summed E-state index contributed by atoms with van der Waals surface area (Å²) < 4.78 is 4.88. The molecule has 2 rings (SSSR count). The van der Waals surface area contributed by atoms with Crippen LogP contribution in [-0.2, 0) is 14.3 Å². The van der Waals surface area contributed by atoms with Crippen molar-refractivity contribution in [2.45, 2.75) is 38.5 Å². The third kappa shape index (κ3) is 5.30. The van der Waals surface area contributed by atoms with E-state index in [1.165, 1.54) is 37.0 Å². The highest BCUT2D eigenvalue weighted by atomic mass is 32.1. The molecule has 21 heavy (non-hydrogen) atoms. The van der Waals surface area contributed by atoms with Gasteiger partial charge in [-0.1, -0.05) is 31.7 Å². The number of carbonyl (C=O) groups is 3. The summed E-state index contributed by atoms with van der Waals surface area (Å²) in [5.41, 5.74) is 0. The lowest BCUT2D eigenvalue weighted by Gasteiger charge is -2.08. The standard InChI is InChI=1S/C15H19NO4S/c17-13(16-15(19)12-6-3-9-21-12)10-20-14(18)8-7-11-4-1-2-5-11/h3,6,9,11H,1-2,4-5,7-8,10H2,(H,16,17,19). The Morgan fingerprint density at radius 2 is 2.05 bits per heavy atom. The van der Waals surface area contributed by atoms with Crippen LogP contribution in [0.4, 0.5) is 0 Å². The molecule has 1 fully saturated rings. The molecular weight excluding hydrogens is 290 g/mol. The second-order valence-electron chi connectivity index (χ2n) is 5.20. The first-order valence-corrected chi connectivity index (χ1v) is 8.06. The quantitative estimate of drug-likeness (QED) is 0.820. The summed E-state index contributed by atoms with van der Waals surface area (Å²) >= 11 is 1.25. The molecule has 1 aromatic heterocycles. The molecule has 1 aliphatic rings. The molecule has 1 aromatic rings. The molecule has 0 saturated heterocycles. The van der Waals surface area contributed by atoms with E-state index in [9.17, 15) is 14.4 Å². The van der Waals surface area contributed by atoms with E-state index in [4.69, 9.17) is 4.74 Å². The van der Waals surface area contributed by atoms with Gasteiger partial charge in [-0.05, 0) is 23.8 Å². The molecule has 0 bridgehead atoms. The minimum atomic E-state index is -0.595. The monoisotopic (exact) mass is 309 g/mol. The van der Waals surface area contributed by atoms with Gasteiger partial charge in [0, 0.05) is 6.42 Å². The Balaban J connectivity index is 1.61. The fourth-order valence-corrected chi connectivity index (χ4v) is 3.09. The van der Waals surface area contributed by atoms with Gasteiger partial charge in [0.2, 0.25) is 0 Å². The molecule has 0 aromatic carbocycles. The molecule has 0 aliphatic heterocycles. The van der Waals surface area contributed by atoms with Crippen molar-refractivity contribution < 1.29 is 19.1 Å². The molecule has 5 nitrogen and oxygen atoms in total. The lowest BCUT2D eigenvalue weighted by Crippen LogP contribution is -2.33. The summed E-state index contributed by atoms with van der Waals surface area (Å²) in [4.78, 5) is 35.1. The van der Waals surface area contributed by atoms with Crippen LogP contribution in [0.25, 0.3) is 0 Å². The smallest absolute Gasteiger partial charge is 0.306 e. The van der Waals surface area contributed by atoms with Gasteiger partial charge in [0.05, 0.1) is 4.88 Å². The molecule has 0 spiro atoms. The van der Waals surface area contributed by atoms with E-state index in [2.05, 4.69) is 5.32 Å². The fraction of sp³-hybridized carbons (Fsp3) is 0.533. The Morgan fingerprint density at radius 1 is 1.29 bits per heavy atom. The molecule has 1 N–H and O–H groups in total. The first kappa shape index (κ1) is 15.7. The van der Waals surface area contributed by atoms with E-state index in [1.54, 1.807) is 17.5 Å². The van der Waals surface area contributed by atoms with Crippen molar-refractivity contribution in [3.05, 3.63) is 22.4 Å². The summed E-state index contributed by atoms with van der Waals surface area (Å²) in [7, 11) is 0. The summed E-state index contributed by atoms with van der Waals surface area (Å²) in [5.74, 6) is -0.813. The number of ether oxygens (including phenoxy) is 1. The van der Waals surface area contributed by atoms with Crippen LogP contribution < -0.4 is 5.32 Å². The maximum absolute atomic E-state index is 11.6. The van der Waals surface area contributed by atoms with Crippen molar-refractivity contribution >= 4 is 29.1 Å². The highest BCUT2D eigenvalue weighted by Gasteiger charge is 2.17. The topological polar surface area (TPSA) is 72.5 Å². The van der Waals surface area contributed by atoms with E-state index >= 15 is 0 Å². The Hall–Kier alpha value is -1.69. The van der Waals surface area contributed by atoms with Gasteiger partial charge in [0.1, 0.15) is 0 Å². The number of rotatable bonds is 6. The predicted molar refractivity (Wildman–Crippen MR) is 78.9 cm³/mol. The lowest BCUT2D eigenvalue weighted by atomic mass is 10.0. The van der Waals surface area contributed by atoms with Gasteiger partial charge in [-0.3, -0.25) is 19.7 Å². The summed E-state index contributed by atoms with van der Waals surface area (Å²) in [6.45, 7) is -0.402. The maximum Gasteiger partial charge on any atom is 0.306 e. The third-order valence-corrected chi connectivity index (χ3v) is 4.46. The molecule has 2 amide bonds. The van der Waals surface area contributed by atoms with Gasteiger partial charge in [0.15, 0.2) is 6.61 Å². The molecule has 0 radical (unpaired) electrons. The average molecular weight is 309 g/mol. The number of carbonyl (C=O) groups excluding carboxylic acids is 3. The molecule has 1 saturated carbocycles. The van der Waals surface area contributed by atoms with Crippen molar-refractivity contribution in [3.63, 3.8) is 0 Å². The number of esters is 1. The fourth-order valence-electron chi connectivity index (χ4n) is 2.47. The van der Waals surface area contributed by atoms with Crippen LogP contribution in [0.1, 0.15) is 48.2 Å². The van der Waals surface area contributed by atoms with Crippen molar-refractivity contribution in [3.8, 4) is 0 Å². The molecule has 114 valence electrons. The zero-order valence-corrected chi connectivity index (χ0v) is 12.6. The van der Waals surface area contributed by atoms with Gasteiger partial charge < -0.3 is 4.74 Å². The summed E-state index contributed by atoms with van der Waals surface area (Å²) in [6, 6.07) is 3.36. The molecule has 1 heterocycles. The van der Waals surface area contributed by atoms with Crippen LogP contribution in [-0.4, -0.2) is 24.4 Å². The Labute approximate surface area is 127 Å². The lowest BCUT2D eigenvalue weighted by molar-refractivity contribution is -0.148. The SMILES string of the molecule is O=C(COC(=O)CCC1CCCC1)NC(=O)c1cccs1. The van der Waals surface area contributed by atoms with Gasteiger partial charge in [-0.25, -0.2) is 0 Å². The van der Waals surface area contributed by atoms with E-state index in [1.807, 2.05) is 0 Å². The highest BCUT2D eigenvalue weighted by Crippen LogP contribution is 2.28. The van der Waals surface area contributed by atoms with Gasteiger partial charge in [-0.2, -0.15) is 0 Å². The van der Waals surface area contributed by atoms with Crippen molar-refractivity contribution in [1.29, 1.82) is 0 Å². The molecule has 0 unspecified atom stereocenters. The van der Waals surface area contributed by atoms with E-state index in [0.29, 0.717) is 17.2 Å². The van der Waals surface area contributed by atoms with E-state index in [-0.39, 0.29) is 5.97 Å². The number of hydrogen-bond donors (Lipinski definition) is 1. The third-order valence-electron chi connectivity index (χ3n) is 3.59. The van der Waals surface area contributed by atoms with Crippen LogP contribution in [0.2, 0.25) is 0 Å². The number of amides is 2. The maximum atomic E-state index is 11.6. The van der Waals surface area contributed by atoms with Crippen molar-refractivity contribution in [2.24, 2.45) is 5.92 Å². The predicted octanol–water partition coefficient (Wildman–Crippen LogP) is 2.52. The molecule has 1 aliphatic carbocycles. The summed E-state index contributed by atoms with van der Waals surface area (Å²) in [6.07, 6.45) is 6.03. The highest BCUT2D eigenvalue weighted by molar-refractivity contribution is 7.12.